The number of sulfonamides is 1. The molecule has 2 atom stereocenters. The summed E-state index contributed by atoms with van der Waals surface area (Å²) in [5.74, 6) is 0.185. The van der Waals surface area contributed by atoms with Crippen molar-refractivity contribution >= 4 is 29.7 Å². The van der Waals surface area contributed by atoms with E-state index in [0.717, 1.165) is 23.6 Å². The second-order valence-electron chi connectivity index (χ2n) is 8.79. The molecule has 1 saturated heterocycles. The van der Waals surface area contributed by atoms with E-state index in [4.69, 9.17) is 11.6 Å². The van der Waals surface area contributed by atoms with Crippen LogP contribution in [0.2, 0.25) is 30.7 Å². The average molecular weight is 422 g/mol. The molecule has 0 bridgehead atoms. The highest BCUT2D eigenvalue weighted by molar-refractivity contribution is 7.89. The van der Waals surface area contributed by atoms with Crippen molar-refractivity contribution in [3.63, 3.8) is 0 Å². The van der Waals surface area contributed by atoms with Crippen molar-refractivity contribution in [3.8, 4) is 0 Å². The zero-order valence-corrected chi connectivity index (χ0v) is 19.0. The summed E-state index contributed by atoms with van der Waals surface area (Å²) in [5.41, 5.74) is 2.19. The van der Waals surface area contributed by atoms with Gasteiger partial charge in [0.1, 0.15) is 0 Å². The number of benzene rings is 2. The van der Waals surface area contributed by atoms with E-state index in [1.807, 2.05) is 37.3 Å². The highest BCUT2D eigenvalue weighted by Crippen LogP contribution is 2.39. The molecule has 0 radical (unpaired) electrons. The first kappa shape index (κ1) is 20.6. The predicted molar refractivity (Wildman–Crippen MR) is 116 cm³/mol. The maximum atomic E-state index is 13.4. The highest BCUT2D eigenvalue weighted by atomic mass is 35.5. The molecule has 0 aromatic heterocycles. The van der Waals surface area contributed by atoms with E-state index < -0.39 is 18.1 Å². The summed E-state index contributed by atoms with van der Waals surface area (Å²) in [6.45, 7) is 9.39. The van der Waals surface area contributed by atoms with Crippen molar-refractivity contribution in [2.24, 2.45) is 0 Å². The van der Waals surface area contributed by atoms with Gasteiger partial charge in [-0.25, -0.2) is 8.42 Å². The van der Waals surface area contributed by atoms with E-state index in [0.29, 0.717) is 16.5 Å². The van der Waals surface area contributed by atoms with E-state index in [1.54, 1.807) is 16.4 Å². The van der Waals surface area contributed by atoms with Crippen LogP contribution in [0.1, 0.15) is 23.5 Å². The van der Waals surface area contributed by atoms with Gasteiger partial charge in [0.2, 0.25) is 10.0 Å². The van der Waals surface area contributed by atoms with E-state index >= 15 is 0 Å². The molecule has 0 saturated carbocycles. The SMILES string of the molecule is Cc1ccc(S(=O)(=O)N2CC(c3cccc(Cl)c3)CC2C[Si](C)(C)C)cc1. The Bertz CT molecular complexity index is 907. The number of nitrogens with zero attached hydrogens (tertiary/aromatic N) is 1. The van der Waals surface area contributed by atoms with Crippen LogP contribution >= 0.6 is 11.6 Å². The van der Waals surface area contributed by atoms with Crippen LogP contribution in [0, 0.1) is 6.92 Å². The summed E-state index contributed by atoms with van der Waals surface area (Å²) >= 11 is 6.18. The van der Waals surface area contributed by atoms with Crippen molar-refractivity contribution < 1.29 is 8.42 Å². The minimum absolute atomic E-state index is 0.0481. The number of aryl methyl sites for hydroxylation is 1. The lowest BCUT2D eigenvalue weighted by molar-refractivity contribution is 0.405. The third-order valence-corrected chi connectivity index (χ3v) is 9.02. The minimum Gasteiger partial charge on any atom is -0.207 e. The summed E-state index contributed by atoms with van der Waals surface area (Å²) < 4.78 is 28.6. The quantitative estimate of drug-likeness (QED) is 0.595. The van der Waals surface area contributed by atoms with Gasteiger partial charge in [-0.3, -0.25) is 0 Å². The molecule has 6 heteroatoms. The minimum atomic E-state index is -3.51. The zero-order chi connectivity index (χ0) is 19.8. The molecule has 2 aromatic carbocycles. The fourth-order valence-corrected chi connectivity index (χ4v) is 7.73. The molecule has 27 heavy (non-hydrogen) atoms. The lowest BCUT2D eigenvalue weighted by Gasteiger charge is -2.28. The molecule has 0 aliphatic carbocycles. The fraction of sp³-hybridized carbons (Fsp3) is 0.429. The third kappa shape index (κ3) is 4.83. The van der Waals surface area contributed by atoms with Gasteiger partial charge in [0.05, 0.1) is 4.90 Å². The van der Waals surface area contributed by atoms with E-state index in [-0.39, 0.29) is 12.0 Å². The second-order valence-corrected chi connectivity index (χ2v) is 16.7. The van der Waals surface area contributed by atoms with Crippen LogP contribution in [0.15, 0.2) is 53.4 Å². The number of halogens is 1. The number of rotatable bonds is 5. The molecule has 146 valence electrons. The van der Waals surface area contributed by atoms with E-state index in [1.165, 1.54) is 0 Å². The Hall–Kier alpha value is -1.14. The van der Waals surface area contributed by atoms with Crippen LogP contribution in [-0.4, -0.2) is 33.4 Å². The third-order valence-electron chi connectivity index (χ3n) is 5.16. The standard InChI is InChI=1S/C21H28ClNO2SSi/c1-16-8-10-21(11-9-16)26(24,25)23-14-18(13-20(23)15-27(2,3)4)17-6-5-7-19(22)12-17/h5-12,18,20H,13-15H2,1-4H3. The van der Waals surface area contributed by atoms with Crippen molar-refractivity contribution in [1.29, 1.82) is 0 Å². The van der Waals surface area contributed by atoms with Crippen molar-refractivity contribution in [3.05, 3.63) is 64.7 Å². The molecule has 0 N–H and O–H groups in total. The summed E-state index contributed by atoms with van der Waals surface area (Å²) in [6.07, 6.45) is 0.857. The number of hydrogen-bond acceptors (Lipinski definition) is 2. The Morgan fingerprint density at radius 2 is 1.78 bits per heavy atom. The zero-order valence-electron chi connectivity index (χ0n) is 16.4. The Labute approximate surface area is 169 Å². The van der Waals surface area contributed by atoms with Gasteiger partial charge in [-0.05, 0) is 55.1 Å². The molecule has 3 nitrogen and oxygen atoms in total. The predicted octanol–water partition coefficient (Wildman–Crippen LogP) is 5.53. The Kier molecular flexibility index (Phi) is 5.87. The summed E-state index contributed by atoms with van der Waals surface area (Å²) in [5, 5.41) is 0.703. The average Bonchev–Trinajstić information content (AvgIpc) is 2.98. The largest absolute Gasteiger partial charge is 0.243 e. The van der Waals surface area contributed by atoms with Crippen LogP contribution < -0.4 is 0 Å². The van der Waals surface area contributed by atoms with Crippen LogP contribution in [0.5, 0.6) is 0 Å². The van der Waals surface area contributed by atoms with Crippen LogP contribution in [-0.2, 0) is 10.0 Å². The van der Waals surface area contributed by atoms with Gasteiger partial charge in [0, 0.05) is 25.7 Å². The van der Waals surface area contributed by atoms with Gasteiger partial charge < -0.3 is 0 Å². The Morgan fingerprint density at radius 3 is 2.37 bits per heavy atom. The normalized spacial score (nSPS) is 21.5. The van der Waals surface area contributed by atoms with Gasteiger partial charge in [0.15, 0.2) is 0 Å². The first-order chi connectivity index (χ1) is 12.6. The van der Waals surface area contributed by atoms with E-state index in [2.05, 4.69) is 25.7 Å². The van der Waals surface area contributed by atoms with Gasteiger partial charge >= 0.3 is 0 Å². The van der Waals surface area contributed by atoms with E-state index in [9.17, 15) is 8.42 Å². The molecule has 1 aliphatic heterocycles. The maximum Gasteiger partial charge on any atom is 0.243 e. The molecular formula is C21H28ClNO2SSi. The summed E-state index contributed by atoms with van der Waals surface area (Å²) in [6, 6.07) is 16.0. The van der Waals surface area contributed by atoms with Gasteiger partial charge in [0.25, 0.3) is 0 Å². The van der Waals surface area contributed by atoms with Crippen molar-refractivity contribution in [1.82, 2.24) is 4.31 Å². The molecule has 3 rings (SSSR count). The molecule has 1 aliphatic rings. The van der Waals surface area contributed by atoms with Gasteiger partial charge in [-0.1, -0.05) is 61.1 Å². The first-order valence-electron chi connectivity index (χ1n) is 9.40. The van der Waals surface area contributed by atoms with Crippen LogP contribution in [0.4, 0.5) is 0 Å². The highest BCUT2D eigenvalue weighted by Gasteiger charge is 2.42. The molecule has 0 amide bonds. The smallest absolute Gasteiger partial charge is 0.207 e. The van der Waals surface area contributed by atoms with Crippen molar-refractivity contribution in [2.45, 2.75) is 55.9 Å². The molecule has 2 aromatic rings. The molecule has 1 fully saturated rings. The van der Waals surface area contributed by atoms with Crippen molar-refractivity contribution in [2.75, 3.05) is 6.54 Å². The lowest BCUT2D eigenvalue weighted by atomic mass is 9.97. The monoisotopic (exact) mass is 421 g/mol. The second kappa shape index (κ2) is 7.70. The summed E-state index contributed by atoms with van der Waals surface area (Å²) in [4.78, 5) is 0.389. The van der Waals surface area contributed by atoms with Crippen LogP contribution in [0.3, 0.4) is 0 Å². The topological polar surface area (TPSA) is 37.4 Å². The summed E-state index contributed by atoms with van der Waals surface area (Å²) in [7, 11) is -4.93. The van der Waals surface area contributed by atoms with Gasteiger partial charge in [-0.15, -0.1) is 0 Å². The maximum absolute atomic E-state index is 13.4. The Balaban J connectivity index is 1.95. The lowest BCUT2D eigenvalue weighted by Crippen LogP contribution is -2.40. The molecule has 0 spiro atoms. The first-order valence-corrected chi connectivity index (χ1v) is 14.9. The molecule has 2 unspecified atom stereocenters. The van der Waals surface area contributed by atoms with Gasteiger partial charge in [-0.2, -0.15) is 4.31 Å². The molecular weight excluding hydrogens is 394 g/mol. The van der Waals surface area contributed by atoms with Crippen LogP contribution in [0.25, 0.3) is 0 Å². The fourth-order valence-electron chi connectivity index (χ4n) is 3.92. The molecule has 1 heterocycles. The Morgan fingerprint density at radius 1 is 1.11 bits per heavy atom. The number of hydrogen-bond donors (Lipinski definition) is 0.